The molecular formula is C12H15NO4S. The van der Waals surface area contributed by atoms with E-state index in [1.54, 1.807) is 19.1 Å². The SMILES string of the molecule is C/C(=C\C(=O)O)c1cccc(S(=O)(=O)N(C)C)c1. The van der Waals surface area contributed by atoms with Crippen LogP contribution in [0.25, 0.3) is 5.57 Å². The lowest BCUT2D eigenvalue weighted by Crippen LogP contribution is -2.22. The summed E-state index contributed by atoms with van der Waals surface area (Å²) in [5.74, 6) is -1.06. The van der Waals surface area contributed by atoms with Crippen LogP contribution < -0.4 is 0 Å². The van der Waals surface area contributed by atoms with Crippen LogP contribution in [0.4, 0.5) is 0 Å². The van der Waals surface area contributed by atoms with Gasteiger partial charge in [-0.2, -0.15) is 0 Å². The summed E-state index contributed by atoms with van der Waals surface area (Å²) >= 11 is 0. The summed E-state index contributed by atoms with van der Waals surface area (Å²) in [6.45, 7) is 1.62. The maximum atomic E-state index is 11.9. The molecule has 0 saturated heterocycles. The van der Waals surface area contributed by atoms with Crippen molar-refractivity contribution >= 4 is 21.6 Å². The molecule has 98 valence electrons. The van der Waals surface area contributed by atoms with E-state index < -0.39 is 16.0 Å². The highest BCUT2D eigenvalue weighted by Crippen LogP contribution is 2.19. The number of benzene rings is 1. The molecule has 0 saturated carbocycles. The number of hydrogen-bond acceptors (Lipinski definition) is 3. The lowest BCUT2D eigenvalue weighted by molar-refractivity contribution is -0.131. The molecule has 1 N–H and O–H groups in total. The first-order chi connectivity index (χ1) is 8.25. The quantitative estimate of drug-likeness (QED) is 0.839. The number of carbonyl (C=O) groups is 1. The topological polar surface area (TPSA) is 74.7 Å². The monoisotopic (exact) mass is 269 g/mol. The third-order valence-electron chi connectivity index (χ3n) is 2.41. The van der Waals surface area contributed by atoms with E-state index >= 15 is 0 Å². The van der Waals surface area contributed by atoms with Gasteiger partial charge in [-0.3, -0.25) is 0 Å². The number of rotatable bonds is 4. The van der Waals surface area contributed by atoms with Gasteiger partial charge in [-0.1, -0.05) is 12.1 Å². The zero-order valence-corrected chi connectivity index (χ0v) is 11.2. The molecule has 0 aliphatic rings. The Hall–Kier alpha value is -1.66. The predicted molar refractivity (Wildman–Crippen MR) is 68.6 cm³/mol. The van der Waals surface area contributed by atoms with Gasteiger partial charge in [0.25, 0.3) is 0 Å². The molecule has 0 amide bonds. The molecule has 1 aromatic rings. The molecule has 18 heavy (non-hydrogen) atoms. The Morgan fingerprint density at radius 1 is 1.33 bits per heavy atom. The summed E-state index contributed by atoms with van der Waals surface area (Å²) < 4.78 is 25.0. The van der Waals surface area contributed by atoms with Gasteiger partial charge >= 0.3 is 5.97 Å². The van der Waals surface area contributed by atoms with Gasteiger partial charge in [0.15, 0.2) is 0 Å². The van der Waals surface area contributed by atoms with Gasteiger partial charge in [0.1, 0.15) is 0 Å². The Morgan fingerprint density at radius 3 is 2.44 bits per heavy atom. The highest BCUT2D eigenvalue weighted by Gasteiger charge is 2.17. The molecule has 0 spiro atoms. The van der Waals surface area contributed by atoms with Crippen LogP contribution in [0.2, 0.25) is 0 Å². The zero-order chi connectivity index (χ0) is 13.9. The average Bonchev–Trinajstić information content (AvgIpc) is 2.28. The minimum absolute atomic E-state index is 0.142. The van der Waals surface area contributed by atoms with E-state index in [0.29, 0.717) is 11.1 Å². The van der Waals surface area contributed by atoms with Crippen LogP contribution in [0.1, 0.15) is 12.5 Å². The summed E-state index contributed by atoms with van der Waals surface area (Å²) in [4.78, 5) is 10.7. The Kier molecular flexibility index (Phi) is 4.26. The number of allylic oxidation sites excluding steroid dienone is 1. The number of hydrogen-bond donors (Lipinski definition) is 1. The highest BCUT2D eigenvalue weighted by atomic mass is 32.2. The van der Waals surface area contributed by atoms with Crippen molar-refractivity contribution in [3.8, 4) is 0 Å². The molecule has 0 bridgehead atoms. The summed E-state index contributed by atoms with van der Waals surface area (Å²) in [5, 5.41) is 8.66. The van der Waals surface area contributed by atoms with Gasteiger partial charge in [0.05, 0.1) is 4.90 Å². The van der Waals surface area contributed by atoms with Crippen molar-refractivity contribution < 1.29 is 18.3 Å². The smallest absolute Gasteiger partial charge is 0.328 e. The van der Waals surface area contributed by atoms with E-state index in [1.165, 1.54) is 26.2 Å². The molecule has 0 radical (unpaired) electrons. The van der Waals surface area contributed by atoms with Crippen molar-refractivity contribution in [2.45, 2.75) is 11.8 Å². The van der Waals surface area contributed by atoms with Crippen molar-refractivity contribution in [3.05, 3.63) is 35.9 Å². The second kappa shape index (κ2) is 5.32. The Morgan fingerprint density at radius 2 is 1.94 bits per heavy atom. The van der Waals surface area contributed by atoms with Crippen molar-refractivity contribution in [1.82, 2.24) is 4.31 Å². The van der Waals surface area contributed by atoms with Crippen LogP contribution in [0, 0.1) is 0 Å². The molecule has 0 aliphatic heterocycles. The normalized spacial score (nSPS) is 12.8. The maximum Gasteiger partial charge on any atom is 0.328 e. The summed E-state index contributed by atoms with van der Waals surface area (Å²) in [7, 11) is -0.610. The van der Waals surface area contributed by atoms with E-state index in [-0.39, 0.29) is 4.90 Å². The van der Waals surface area contributed by atoms with E-state index in [4.69, 9.17) is 5.11 Å². The number of nitrogens with zero attached hydrogens (tertiary/aromatic N) is 1. The van der Waals surface area contributed by atoms with E-state index in [2.05, 4.69) is 0 Å². The Balaban J connectivity index is 3.27. The summed E-state index contributed by atoms with van der Waals surface area (Å²) in [5.41, 5.74) is 1.07. The molecule has 0 unspecified atom stereocenters. The molecular weight excluding hydrogens is 254 g/mol. The predicted octanol–water partition coefficient (Wildman–Crippen LogP) is 1.42. The van der Waals surface area contributed by atoms with Crippen molar-refractivity contribution in [2.24, 2.45) is 0 Å². The largest absolute Gasteiger partial charge is 0.478 e. The molecule has 5 nitrogen and oxygen atoms in total. The van der Waals surface area contributed by atoms with Crippen LogP contribution >= 0.6 is 0 Å². The van der Waals surface area contributed by atoms with Crippen LogP contribution in [-0.4, -0.2) is 37.9 Å². The van der Waals surface area contributed by atoms with Crippen molar-refractivity contribution in [2.75, 3.05) is 14.1 Å². The van der Waals surface area contributed by atoms with Crippen molar-refractivity contribution in [1.29, 1.82) is 0 Å². The fraction of sp³-hybridized carbons (Fsp3) is 0.250. The van der Waals surface area contributed by atoms with E-state index in [1.807, 2.05) is 0 Å². The van der Waals surface area contributed by atoms with Gasteiger partial charge in [0, 0.05) is 20.2 Å². The third kappa shape index (κ3) is 3.18. The van der Waals surface area contributed by atoms with Gasteiger partial charge in [-0.25, -0.2) is 17.5 Å². The van der Waals surface area contributed by atoms with Crippen LogP contribution in [0.3, 0.4) is 0 Å². The number of carboxylic acids is 1. The number of aliphatic carboxylic acids is 1. The summed E-state index contributed by atoms with van der Waals surface area (Å²) in [6.07, 6.45) is 1.04. The van der Waals surface area contributed by atoms with E-state index in [0.717, 1.165) is 10.4 Å². The lowest BCUT2D eigenvalue weighted by atomic mass is 10.1. The Labute approximate surface area is 106 Å². The van der Waals surface area contributed by atoms with Crippen LogP contribution in [0.15, 0.2) is 35.2 Å². The molecule has 0 atom stereocenters. The minimum Gasteiger partial charge on any atom is -0.478 e. The average molecular weight is 269 g/mol. The summed E-state index contributed by atoms with van der Waals surface area (Å²) in [6, 6.07) is 6.20. The minimum atomic E-state index is -3.50. The maximum absolute atomic E-state index is 11.9. The highest BCUT2D eigenvalue weighted by molar-refractivity contribution is 7.89. The fourth-order valence-electron chi connectivity index (χ4n) is 1.38. The molecule has 0 aliphatic carbocycles. The van der Waals surface area contributed by atoms with Gasteiger partial charge in [-0.05, 0) is 30.2 Å². The molecule has 1 rings (SSSR count). The number of carboxylic acid groups (broad SMARTS) is 1. The molecule has 0 aromatic heterocycles. The molecule has 6 heteroatoms. The molecule has 1 aromatic carbocycles. The second-order valence-corrected chi connectivity index (χ2v) is 6.13. The van der Waals surface area contributed by atoms with Crippen LogP contribution in [0.5, 0.6) is 0 Å². The first-order valence-corrected chi connectivity index (χ1v) is 6.63. The first kappa shape index (κ1) is 14.4. The lowest BCUT2D eigenvalue weighted by Gasteiger charge is -2.12. The zero-order valence-electron chi connectivity index (χ0n) is 10.4. The van der Waals surface area contributed by atoms with Crippen molar-refractivity contribution in [3.63, 3.8) is 0 Å². The van der Waals surface area contributed by atoms with Gasteiger partial charge in [-0.15, -0.1) is 0 Å². The fourth-order valence-corrected chi connectivity index (χ4v) is 2.33. The van der Waals surface area contributed by atoms with E-state index in [9.17, 15) is 13.2 Å². The Bertz CT molecular complexity index is 588. The number of sulfonamides is 1. The van der Waals surface area contributed by atoms with Gasteiger partial charge in [0.2, 0.25) is 10.0 Å². The van der Waals surface area contributed by atoms with Gasteiger partial charge < -0.3 is 5.11 Å². The second-order valence-electron chi connectivity index (χ2n) is 3.98. The standard InChI is InChI=1S/C12H15NO4S/c1-9(7-12(14)15)10-5-4-6-11(8-10)18(16,17)13(2)3/h4-8H,1-3H3,(H,14,15)/b9-7+. The first-order valence-electron chi connectivity index (χ1n) is 5.19. The molecule has 0 fully saturated rings. The van der Waals surface area contributed by atoms with Crippen LogP contribution in [-0.2, 0) is 14.8 Å². The third-order valence-corrected chi connectivity index (χ3v) is 4.22. The molecule has 0 heterocycles.